The molecule has 0 saturated carbocycles. The molecular weight excluding hydrogens is 396 g/mol. The van der Waals surface area contributed by atoms with E-state index in [1.807, 2.05) is 0 Å². The molecule has 1 amide bonds. The van der Waals surface area contributed by atoms with E-state index in [4.69, 9.17) is 11.6 Å². The van der Waals surface area contributed by atoms with Crippen molar-refractivity contribution in [3.05, 3.63) is 62.0 Å². The number of halogens is 1. The monoisotopic (exact) mass is 414 g/mol. The average molecular weight is 415 g/mol. The van der Waals surface area contributed by atoms with E-state index < -0.39 is 0 Å². The zero-order valence-corrected chi connectivity index (χ0v) is 16.9. The number of thiophene rings is 1. The number of hydrogen-bond acceptors (Lipinski definition) is 5. The summed E-state index contributed by atoms with van der Waals surface area (Å²) in [5, 5.41) is 5.23. The first-order valence-corrected chi connectivity index (χ1v) is 10.3. The summed E-state index contributed by atoms with van der Waals surface area (Å²) in [5.74, 6) is 0.248. The van der Waals surface area contributed by atoms with E-state index in [2.05, 4.69) is 22.4 Å². The number of hydrazone groups is 1. The van der Waals surface area contributed by atoms with Crippen LogP contribution < -0.4 is 11.0 Å². The number of nitrogens with zero attached hydrogens (tertiary/aromatic N) is 3. The Morgan fingerprint density at radius 1 is 1.43 bits per heavy atom. The van der Waals surface area contributed by atoms with Crippen LogP contribution in [-0.2, 0) is 24.2 Å². The third-order valence-corrected chi connectivity index (χ3v) is 6.28. The van der Waals surface area contributed by atoms with Crippen molar-refractivity contribution in [2.24, 2.45) is 11.0 Å². The van der Waals surface area contributed by atoms with Crippen LogP contribution in [0.5, 0.6) is 0 Å². The van der Waals surface area contributed by atoms with Crippen LogP contribution in [0.25, 0.3) is 10.2 Å². The molecule has 3 aromatic rings. The Kier molecular flexibility index (Phi) is 5.28. The number of carbonyl (C=O) groups is 1. The van der Waals surface area contributed by atoms with Crippen molar-refractivity contribution in [1.29, 1.82) is 0 Å². The van der Waals surface area contributed by atoms with Crippen molar-refractivity contribution in [1.82, 2.24) is 15.0 Å². The van der Waals surface area contributed by atoms with E-state index in [1.54, 1.807) is 35.6 Å². The van der Waals surface area contributed by atoms with Gasteiger partial charge in [-0.2, -0.15) is 5.10 Å². The van der Waals surface area contributed by atoms with Crippen LogP contribution >= 0.6 is 22.9 Å². The number of carbonyl (C=O) groups excluding carboxylic acids is 1. The molecule has 1 atom stereocenters. The number of benzene rings is 1. The Morgan fingerprint density at radius 3 is 3.00 bits per heavy atom. The topological polar surface area (TPSA) is 76.3 Å². The minimum absolute atomic E-state index is 0.124. The van der Waals surface area contributed by atoms with Gasteiger partial charge in [-0.3, -0.25) is 14.2 Å². The van der Waals surface area contributed by atoms with E-state index in [0.717, 1.165) is 35.2 Å². The second kappa shape index (κ2) is 7.85. The number of aryl methyl sites for hydroxylation is 1. The molecule has 0 bridgehead atoms. The first-order valence-electron chi connectivity index (χ1n) is 9.08. The number of rotatable bonds is 4. The Balaban J connectivity index is 1.50. The highest BCUT2D eigenvalue weighted by atomic mass is 35.5. The van der Waals surface area contributed by atoms with Gasteiger partial charge in [0.25, 0.3) is 11.5 Å². The van der Waals surface area contributed by atoms with Gasteiger partial charge in [0.1, 0.15) is 11.4 Å². The molecule has 0 spiro atoms. The molecule has 0 radical (unpaired) electrons. The maximum absolute atomic E-state index is 12.9. The molecule has 4 rings (SSSR count). The van der Waals surface area contributed by atoms with Gasteiger partial charge in [0.2, 0.25) is 0 Å². The van der Waals surface area contributed by atoms with Crippen LogP contribution in [0, 0.1) is 5.92 Å². The minimum atomic E-state index is -0.383. The van der Waals surface area contributed by atoms with Gasteiger partial charge in [0, 0.05) is 9.90 Å². The average Bonchev–Trinajstić information content (AvgIpc) is 3.04. The quantitative estimate of drug-likeness (QED) is 0.525. The maximum Gasteiger partial charge on any atom is 0.262 e. The first-order chi connectivity index (χ1) is 13.5. The predicted molar refractivity (Wildman–Crippen MR) is 112 cm³/mol. The fraction of sp³-hybridized carbons (Fsp3) is 0.300. The van der Waals surface area contributed by atoms with Gasteiger partial charge in [-0.25, -0.2) is 10.4 Å². The molecular formula is C20H19ClN4O2S. The Morgan fingerprint density at radius 2 is 2.21 bits per heavy atom. The third-order valence-electron chi connectivity index (χ3n) is 4.87. The summed E-state index contributed by atoms with van der Waals surface area (Å²) in [4.78, 5) is 31.5. The highest BCUT2D eigenvalue weighted by molar-refractivity contribution is 7.18. The largest absolute Gasteiger partial charge is 0.289 e. The predicted octanol–water partition coefficient (Wildman–Crippen LogP) is 3.39. The zero-order valence-electron chi connectivity index (χ0n) is 15.3. The second-order valence-electron chi connectivity index (χ2n) is 7.05. The standard InChI is InChI=1S/C20H19ClN4O2S/c1-12-2-7-15-16(8-12)28-19-18(15)20(27)25(11-22-19)10-17(26)24-23-9-13-3-5-14(21)6-4-13/h3-6,9,11-12H,2,7-8,10H2,1H3,(H,24,26)/b23-9-/t12-/m0/s1. The molecule has 0 unspecified atom stereocenters. The summed E-state index contributed by atoms with van der Waals surface area (Å²) in [6.07, 6.45) is 5.94. The van der Waals surface area contributed by atoms with Crippen molar-refractivity contribution in [3.8, 4) is 0 Å². The van der Waals surface area contributed by atoms with Gasteiger partial charge >= 0.3 is 0 Å². The highest BCUT2D eigenvalue weighted by Crippen LogP contribution is 2.35. The molecule has 2 aromatic heterocycles. The van der Waals surface area contributed by atoms with Gasteiger partial charge in [-0.1, -0.05) is 30.7 Å². The molecule has 0 aliphatic heterocycles. The van der Waals surface area contributed by atoms with Crippen molar-refractivity contribution in [3.63, 3.8) is 0 Å². The van der Waals surface area contributed by atoms with Crippen LogP contribution in [0.3, 0.4) is 0 Å². The highest BCUT2D eigenvalue weighted by Gasteiger charge is 2.23. The lowest BCUT2D eigenvalue weighted by molar-refractivity contribution is -0.121. The van der Waals surface area contributed by atoms with Gasteiger partial charge in [-0.05, 0) is 48.4 Å². The van der Waals surface area contributed by atoms with Crippen molar-refractivity contribution < 1.29 is 4.79 Å². The summed E-state index contributed by atoms with van der Waals surface area (Å²) < 4.78 is 1.35. The number of hydrogen-bond donors (Lipinski definition) is 1. The fourth-order valence-electron chi connectivity index (χ4n) is 3.40. The second-order valence-corrected chi connectivity index (χ2v) is 8.57. The van der Waals surface area contributed by atoms with E-state index in [1.165, 1.54) is 22.0 Å². The molecule has 1 aliphatic rings. The van der Waals surface area contributed by atoms with Gasteiger partial charge < -0.3 is 0 Å². The fourth-order valence-corrected chi connectivity index (χ4v) is 4.86. The van der Waals surface area contributed by atoms with Crippen molar-refractivity contribution >= 4 is 45.3 Å². The van der Waals surface area contributed by atoms with E-state index in [-0.39, 0.29) is 18.0 Å². The summed E-state index contributed by atoms with van der Waals surface area (Å²) in [7, 11) is 0. The molecule has 1 aromatic carbocycles. The number of nitrogens with one attached hydrogen (secondary N) is 1. The van der Waals surface area contributed by atoms with Gasteiger partial charge in [0.15, 0.2) is 0 Å². The molecule has 0 saturated heterocycles. The number of fused-ring (bicyclic) bond motifs is 3. The smallest absolute Gasteiger partial charge is 0.262 e. The van der Waals surface area contributed by atoms with E-state index >= 15 is 0 Å². The summed E-state index contributed by atoms with van der Waals surface area (Å²) >= 11 is 7.43. The zero-order chi connectivity index (χ0) is 19.7. The Bertz CT molecular complexity index is 1120. The van der Waals surface area contributed by atoms with Crippen molar-refractivity contribution in [2.75, 3.05) is 0 Å². The molecule has 1 aliphatic carbocycles. The lowest BCUT2D eigenvalue weighted by Crippen LogP contribution is -2.30. The summed E-state index contributed by atoms with van der Waals surface area (Å²) in [6.45, 7) is 2.11. The molecule has 28 heavy (non-hydrogen) atoms. The maximum atomic E-state index is 12.9. The SMILES string of the molecule is C[C@H]1CCc2c(sc3ncn(CC(=O)N/N=C\c4ccc(Cl)cc4)c(=O)c23)C1. The van der Waals surface area contributed by atoms with E-state index in [0.29, 0.717) is 16.3 Å². The van der Waals surface area contributed by atoms with Crippen molar-refractivity contribution in [2.45, 2.75) is 32.7 Å². The molecule has 8 heteroatoms. The normalized spacial score (nSPS) is 16.4. The minimum Gasteiger partial charge on any atom is -0.289 e. The lowest BCUT2D eigenvalue weighted by atomic mass is 9.89. The molecule has 1 N–H and O–H groups in total. The molecule has 144 valence electrons. The summed E-state index contributed by atoms with van der Waals surface area (Å²) in [6, 6.07) is 7.07. The van der Waals surface area contributed by atoms with Gasteiger partial charge in [-0.15, -0.1) is 11.3 Å². The van der Waals surface area contributed by atoms with Gasteiger partial charge in [0.05, 0.1) is 17.9 Å². The molecule has 0 fully saturated rings. The Hall–Kier alpha value is -2.51. The lowest BCUT2D eigenvalue weighted by Gasteiger charge is -2.17. The first kappa shape index (κ1) is 18.8. The van der Waals surface area contributed by atoms with E-state index in [9.17, 15) is 9.59 Å². The molecule has 6 nitrogen and oxygen atoms in total. The van der Waals surface area contributed by atoms with Crippen LogP contribution in [-0.4, -0.2) is 21.7 Å². The summed E-state index contributed by atoms with van der Waals surface area (Å²) in [5.41, 5.74) is 4.21. The molecule has 2 heterocycles. The van der Waals surface area contributed by atoms with Crippen LogP contribution in [0.1, 0.15) is 29.3 Å². The Labute approximate surface area is 170 Å². The number of aromatic nitrogens is 2. The third kappa shape index (κ3) is 3.86. The van der Waals surface area contributed by atoms with Crippen LogP contribution in [0.15, 0.2) is 40.5 Å². The number of amides is 1. The van der Waals surface area contributed by atoms with Crippen LogP contribution in [0.4, 0.5) is 0 Å². The van der Waals surface area contributed by atoms with Crippen LogP contribution in [0.2, 0.25) is 5.02 Å².